The van der Waals surface area contributed by atoms with Crippen LogP contribution in [0.2, 0.25) is 0 Å². The molecule has 10 heteroatoms. The summed E-state index contributed by atoms with van der Waals surface area (Å²) in [6.45, 7) is 0. The van der Waals surface area contributed by atoms with Gasteiger partial charge in [0.05, 0.1) is 0 Å². The van der Waals surface area contributed by atoms with E-state index in [0.717, 1.165) is 15.9 Å². The predicted molar refractivity (Wildman–Crippen MR) is 51.1 cm³/mol. The van der Waals surface area contributed by atoms with Crippen molar-refractivity contribution in [1.82, 2.24) is 0 Å². The average Bonchev–Trinajstić information content (AvgIpc) is 1.98. The molecule has 0 aliphatic heterocycles. The van der Waals surface area contributed by atoms with Crippen molar-refractivity contribution >= 4 is 21.8 Å². The van der Waals surface area contributed by atoms with E-state index in [1.54, 1.807) is 0 Å². The molecule has 1 rings (SSSR count). The van der Waals surface area contributed by atoms with E-state index >= 15 is 0 Å². The number of rotatable bonds is 3. The van der Waals surface area contributed by atoms with Crippen molar-refractivity contribution in [2.24, 2.45) is 3.77 Å². The molecule has 0 spiro atoms. The summed E-state index contributed by atoms with van der Waals surface area (Å²) < 4.78 is 75.8. The summed E-state index contributed by atoms with van der Waals surface area (Å²) in [5.74, 6) is -0.320. The highest BCUT2D eigenvalue weighted by Crippen LogP contribution is 2.99. The fourth-order valence-corrected chi connectivity index (χ4v) is 1.96. The molecule has 0 aromatic heterocycles. The van der Waals surface area contributed by atoms with Crippen LogP contribution in [0.15, 0.2) is 34.1 Å². The van der Waals surface area contributed by atoms with Gasteiger partial charge in [0, 0.05) is 0 Å². The lowest BCUT2D eigenvalue weighted by Crippen LogP contribution is -2.04. The second kappa shape index (κ2) is 3.29. The molecule has 0 saturated heterocycles. The standard InChI is InChI=1S/C6H5F6NOS2/c7-15(13-16(8,9,10,11)12)14-6-4-2-1-3-5-6/h1-5H. The van der Waals surface area contributed by atoms with Gasteiger partial charge in [0.1, 0.15) is 5.75 Å². The van der Waals surface area contributed by atoms with Gasteiger partial charge in [0.2, 0.25) is 0 Å². The summed E-state index contributed by atoms with van der Waals surface area (Å²) in [5, 5.41) is 0. The molecule has 16 heavy (non-hydrogen) atoms. The Morgan fingerprint density at radius 1 is 1.00 bits per heavy atom. The van der Waals surface area contributed by atoms with Gasteiger partial charge >= 0.3 is 10.4 Å². The predicted octanol–water partition coefficient (Wildman–Crippen LogP) is 4.88. The van der Waals surface area contributed by atoms with Gasteiger partial charge in [-0.3, -0.25) is 0 Å². The summed E-state index contributed by atoms with van der Waals surface area (Å²) in [4.78, 5) is 0. The Labute approximate surface area is 89.7 Å². The first kappa shape index (κ1) is 13.2. The van der Waals surface area contributed by atoms with Gasteiger partial charge < -0.3 is 4.18 Å². The Bertz CT molecular complexity index is 415. The zero-order valence-corrected chi connectivity index (χ0v) is 8.96. The lowest BCUT2D eigenvalue weighted by molar-refractivity contribution is 0.367. The lowest BCUT2D eigenvalue weighted by atomic mass is 10.3. The molecule has 0 aliphatic rings. The second-order valence-corrected chi connectivity index (χ2v) is 5.64. The minimum atomic E-state index is -10.1. The number of para-hydroxylation sites is 1. The third kappa shape index (κ3) is 5.85. The summed E-state index contributed by atoms with van der Waals surface area (Å²) >= 11 is -3.77. The van der Waals surface area contributed by atoms with E-state index in [-0.39, 0.29) is 5.75 Å². The van der Waals surface area contributed by atoms with Crippen molar-refractivity contribution in [3.8, 4) is 5.75 Å². The summed E-state index contributed by atoms with van der Waals surface area (Å²) in [6.07, 6.45) is 0. The number of benzene rings is 1. The van der Waals surface area contributed by atoms with Gasteiger partial charge in [-0.25, -0.2) is 0 Å². The molecule has 0 bridgehead atoms. The van der Waals surface area contributed by atoms with E-state index in [9.17, 15) is 23.3 Å². The van der Waals surface area contributed by atoms with E-state index < -0.39 is 21.8 Å². The summed E-state index contributed by atoms with van der Waals surface area (Å²) in [6, 6.07) is 6.39. The molecular formula is C6H5F6NOS2. The molecule has 0 radical (unpaired) electrons. The maximum absolute atomic E-state index is 12.5. The van der Waals surface area contributed by atoms with Crippen LogP contribution < -0.4 is 4.18 Å². The number of hydrogen-bond donors (Lipinski definition) is 0. The molecule has 94 valence electrons. The minimum Gasteiger partial charge on any atom is -0.391 e. The van der Waals surface area contributed by atoms with Gasteiger partial charge in [-0.15, -0.1) is 3.89 Å². The molecular weight excluding hydrogens is 280 g/mol. The zero-order valence-electron chi connectivity index (χ0n) is 7.33. The Morgan fingerprint density at radius 3 is 1.94 bits per heavy atom. The van der Waals surface area contributed by atoms with Crippen LogP contribution in [-0.4, -0.2) is 0 Å². The molecule has 1 atom stereocenters. The Hall–Kier alpha value is -0.900. The van der Waals surface area contributed by atoms with Crippen LogP contribution in [-0.2, 0) is 11.4 Å². The highest BCUT2D eigenvalue weighted by atomic mass is 32.5. The van der Waals surface area contributed by atoms with Gasteiger partial charge in [0.25, 0.3) is 11.4 Å². The van der Waals surface area contributed by atoms with E-state index in [2.05, 4.69) is 4.18 Å². The summed E-state index contributed by atoms with van der Waals surface area (Å²) in [5.41, 5.74) is 0. The molecule has 0 heterocycles. The van der Waals surface area contributed by atoms with E-state index in [4.69, 9.17) is 0 Å². The average molecular weight is 285 g/mol. The largest absolute Gasteiger partial charge is 0.392 e. The first-order valence-electron chi connectivity index (χ1n) is 3.57. The number of halogens is 6. The highest BCUT2D eigenvalue weighted by Gasteiger charge is 2.65. The fourth-order valence-electron chi connectivity index (χ4n) is 0.681. The van der Waals surface area contributed by atoms with Crippen LogP contribution >= 0.6 is 10.4 Å². The fraction of sp³-hybridized carbons (Fsp3) is 0. The van der Waals surface area contributed by atoms with Crippen molar-refractivity contribution in [2.45, 2.75) is 0 Å². The van der Waals surface area contributed by atoms with Crippen molar-refractivity contribution in [2.75, 3.05) is 0 Å². The zero-order chi connectivity index (χ0) is 12.5. The van der Waals surface area contributed by atoms with Crippen molar-refractivity contribution in [1.29, 1.82) is 0 Å². The van der Waals surface area contributed by atoms with Gasteiger partial charge in [-0.05, 0) is 15.9 Å². The van der Waals surface area contributed by atoms with Crippen LogP contribution in [0, 0.1) is 0 Å². The lowest BCUT2D eigenvalue weighted by Gasteiger charge is -2.33. The molecule has 1 unspecified atom stereocenters. The molecule has 2 nitrogen and oxygen atoms in total. The molecule has 0 saturated carbocycles. The van der Waals surface area contributed by atoms with Crippen LogP contribution in [0.25, 0.3) is 0 Å². The number of hydrogen-bond acceptors (Lipinski definition) is 2. The Kier molecular flexibility index (Phi) is 2.71. The van der Waals surface area contributed by atoms with E-state index in [0.29, 0.717) is 0 Å². The molecule has 0 amide bonds. The molecule has 1 aromatic rings. The topological polar surface area (TPSA) is 21.6 Å². The molecule has 0 N–H and O–H groups in total. The Balaban J connectivity index is 2.91. The van der Waals surface area contributed by atoms with Crippen LogP contribution in [0.3, 0.4) is 0 Å². The van der Waals surface area contributed by atoms with Crippen LogP contribution in [0.5, 0.6) is 5.75 Å². The van der Waals surface area contributed by atoms with Crippen LogP contribution in [0.4, 0.5) is 23.3 Å². The molecule has 0 aliphatic carbocycles. The molecule has 1 aromatic carbocycles. The maximum atomic E-state index is 12.5. The third-order valence-corrected chi connectivity index (χ3v) is 3.03. The Morgan fingerprint density at radius 2 is 1.50 bits per heavy atom. The first-order chi connectivity index (χ1) is 6.95. The van der Waals surface area contributed by atoms with Gasteiger partial charge in [-0.2, -0.15) is 0 Å². The monoisotopic (exact) mass is 285 g/mol. The second-order valence-electron chi connectivity index (χ2n) is 2.61. The first-order valence-corrected chi connectivity index (χ1v) is 6.49. The molecule has 0 fully saturated rings. The van der Waals surface area contributed by atoms with Crippen LogP contribution in [0.1, 0.15) is 0 Å². The maximum Gasteiger partial charge on any atom is 0.392 e. The van der Waals surface area contributed by atoms with E-state index in [1.807, 2.05) is 0 Å². The quantitative estimate of drug-likeness (QED) is 0.725. The van der Waals surface area contributed by atoms with Crippen molar-refractivity contribution in [3.63, 3.8) is 0 Å². The van der Waals surface area contributed by atoms with Crippen molar-refractivity contribution in [3.05, 3.63) is 30.3 Å². The minimum absolute atomic E-state index is 0.320. The highest BCUT2D eigenvalue weighted by molar-refractivity contribution is 8.46. The van der Waals surface area contributed by atoms with Gasteiger partial charge in [-0.1, -0.05) is 37.6 Å². The third-order valence-electron chi connectivity index (χ3n) is 1.11. The van der Waals surface area contributed by atoms with E-state index in [1.165, 1.54) is 18.2 Å². The van der Waals surface area contributed by atoms with Crippen molar-refractivity contribution < 1.29 is 27.5 Å². The smallest absolute Gasteiger partial charge is 0.391 e. The summed E-state index contributed by atoms with van der Waals surface area (Å²) in [7, 11) is -10.1. The normalized spacial score (nSPS) is 18.6. The van der Waals surface area contributed by atoms with Gasteiger partial charge in [0.15, 0.2) is 0 Å². The SMILES string of the molecule is F/S(=N\S(F)(F)(F)(F)F)Oc1ccccc1. The number of nitrogens with zero attached hydrogens (tertiary/aromatic N) is 1.